The third-order valence-electron chi connectivity index (χ3n) is 3.84. The molecule has 0 amide bonds. The van der Waals surface area contributed by atoms with E-state index in [4.69, 9.17) is 4.74 Å². The number of hydrogen-bond acceptors (Lipinski definition) is 3. The Hall–Kier alpha value is -2.53. The van der Waals surface area contributed by atoms with Crippen LogP contribution < -0.4 is 9.46 Å². The topological polar surface area (TPSA) is 55.4 Å². The van der Waals surface area contributed by atoms with Crippen LogP contribution in [0.4, 0.5) is 5.69 Å². The summed E-state index contributed by atoms with van der Waals surface area (Å²) >= 11 is 0. The smallest absolute Gasteiger partial charge is 0.261 e. The van der Waals surface area contributed by atoms with Crippen LogP contribution in [-0.4, -0.2) is 15.5 Å². The van der Waals surface area contributed by atoms with Crippen LogP contribution in [0.2, 0.25) is 0 Å². The molecule has 2 aromatic carbocycles. The molecule has 5 heteroatoms. The number of nitrogens with one attached hydrogen (secondary N) is 1. The molecule has 0 fully saturated rings. The van der Waals surface area contributed by atoms with Gasteiger partial charge >= 0.3 is 0 Å². The van der Waals surface area contributed by atoms with Crippen molar-refractivity contribution in [2.24, 2.45) is 0 Å². The van der Waals surface area contributed by atoms with Gasteiger partial charge in [-0.15, -0.1) is 0 Å². The maximum absolute atomic E-state index is 12.6. The van der Waals surface area contributed by atoms with Crippen molar-refractivity contribution in [3.05, 3.63) is 71.7 Å². The Balaban J connectivity index is 2.01. The van der Waals surface area contributed by atoms with Crippen molar-refractivity contribution in [2.75, 3.05) is 11.8 Å². The molecule has 124 valence electrons. The van der Waals surface area contributed by atoms with Crippen LogP contribution in [-0.2, 0) is 10.0 Å². The third kappa shape index (κ3) is 3.36. The summed E-state index contributed by atoms with van der Waals surface area (Å²) in [6.45, 7) is 0. The molecule has 2 aromatic rings. The minimum absolute atomic E-state index is 0.309. The van der Waals surface area contributed by atoms with Crippen molar-refractivity contribution >= 4 is 15.7 Å². The molecule has 0 unspecified atom stereocenters. The number of para-hydroxylation sites is 2. The Morgan fingerprint density at radius 2 is 1.67 bits per heavy atom. The first-order valence-corrected chi connectivity index (χ1v) is 9.22. The highest BCUT2D eigenvalue weighted by Gasteiger charge is 2.19. The second-order valence-electron chi connectivity index (χ2n) is 5.44. The summed E-state index contributed by atoms with van der Waals surface area (Å²) in [5.74, 6) is 0.695. The first kappa shape index (κ1) is 16.3. The zero-order valence-electron chi connectivity index (χ0n) is 13.4. The van der Waals surface area contributed by atoms with Gasteiger partial charge in [-0.3, -0.25) is 4.72 Å². The molecule has 0 radical (unpaired) electrons. The molecule has 0 saturated carbocycles. The number of anilines is 1. The lowest BCUT2D eigenvalue weighted by atomic mass is 10.0. The highest BCUT2D eigenvalue weighted by atomic mass is 32.2. The van der Waals surface area contributed by atoms with Crippen LogP contribution in [0.5, 0.6) is 5.75 Å². The van der Waals surface area contributed by atoms with Crippen LogP contribution in [0, 0.1) is 0 Å². The van der Waals surface area contributed by atoms with Gasteiger partial charge in [-0.05, 0) is 31.1 Å². The van der Waals surface area contributed by atoms with Gasteiger partial charge in [0.05, 0.1) is 17.7 Å². The first-order valence-electron chi connectivity index (χ1n) is 7.74. The van der Waals surface area contributed by atoms with Crippen LogP contribution in [0.3, 0.4) is 0 Å². The molecule has 0 heterocycles. The van der Waals surface area contributed by atoms with Crippen LogP contribution in [0.1, 0.15) is 12.8 Å². The Bertz CT molecular complexity index is 898. The van der Waals surface area contributed by atoms with Gasteiger partial charge in [-0.25, -0.2) is 8.42 Å². The number of sulfonamides is 1. The summed E-state index contributed by atoms with van der Waals surface area (Å²) in [5.41, 5.74) is 2.15. The third-order valence-corrected chi connectivity index (χ3v) is 5.25. The molecule has 3 rings (SSSR count). The molecule has 1 aliphatic carbocycles. The minimum atomic E-state index is -3.60. The highest BCUT2D eigenvalue weighted by molar-refractivity contribution is 7.96. The quantitative estimate of drug-likeness (QED) is 0.880. The summed E-state index contributed by atoms with van der Waals surface area (Å²) < 4.78 is 33.4. The number of hydrogen-bond donors (Lipinski definition) is 1. The fourth-order valence-electron chi connectivity index (χ4n) is 2.67. The maximum Gasteiger partial charge on any atom is 0.261 e. The zero-order chi connectivity index (χ0) is 17.0. The van der Waals surface area contributed by atoms with E-state index in [-0.39, 0.29) is 0 Å². The zero-order valence-corrected chi connectivity index (χ0v) is 14.2. The molecule has 0 aromatic heterocycles. The minimum Gasteiger partial charge on any atom is -0.496 e. The normalized spacial score (nSPS) is 14.1. The van der Waals surface area contributed by atoms with Gasteiger partial charge in [0.15, 0.2) is 0 Å². The molecule has 24 heavy (non-hydrogen) atoms. The second-order valence-corrected chi connectivity index (χ2v) is 7.12. The number of allylic oxidation sites excluding steroid dienone is 3. The summed E-state index contributed by atoms with van der Waals surface area (Å²) in [6.07, 6.45) is 6.88. The second kappa shape index (κ2) is 6.93. The Labute approximate surface area is 142 Å². The van der Waals surface area contributed by atoms with E-state index in [1.807, 2.05) is 48.5 Å². The first-order chi connectivity index (χ1) is 11.6. The van der Waals surface area contributed by atoms with E-state index in [2.05, 4.69) is 4.72 Å². The number of rotatable bonds is 5. The van der Waals surface area contributed by atoms with Gasteiger partial charge in [0.1, 0.15) is 5.75 Å². The lowest BCUT2D eigenvalue weighted by molar-refractivity contribution is 0.416. The molecule has 0 aliphatic heterocycles. The van der Waals surface area contributed by atoms with E-state index in [1.165, 1.54) is 0 Å². The lowest BCUT2D eigenvalue weighted by Gasteiger charge is -2.16. The van der Waals surface area contributed by atoms with Gasteiger partial charge in [-0.1, -0.05) is 48.6 Å². The van der Waals surface area contributed by atoms with Crippen LogP contribution in [0.15, 0.2) is 71.7 Å². The Morgan fingerprint density at radius 1 is 0.958 bits per heavy atom. The summed E-state index contributed by atoms with van der Waals surface area (Å²) in [5, 5.41) is 0. The molecular weight excluding hydrogens is 322 g/mol. The fraction of sp³-hybridized carbons (Fsp3) is 0.158. The van der Waals surface area contributed by atoms with Crippen molar-refractivity contribution in [1.82, 2.24) is 0 Å². The molecule has 0 saturated heterocycles. The Morgan fingerprint density at radius 3 is 2.38 bits per heavy atom. The van der Waals surface area contributed by atoms with E-state index in [1.54, 1.807) is 25.3 Å². The predicted molar refractivity (Wildman–Crippen MR) is 97.4 cm³/mol. The number of ether oxygens (including phenoxy) is 1. The molecule has 4 nitrogen and oxygen atoms in total. The molecule has 1 aliphatic rings. The molecule has 1 N–H and O–H groups in total. The largest absolute Gasteiger partial charge is 0.496 e. The van der Waals surface area contributed by atoms with Gasteiger partial charge < -0.3 is 4.74 Å². The number of methoxy groups -OCH3 is 1. The van der Waals surface area contributed by atoms with E-state index < -0.39 is 10.0 Å². The van der Waals surface area contributed by atoms with E-state index >= 15 is 0 Å². The van der Waals surface area contributed by atoms with Gasteiger partial charge in [0, 0.05) is 11.1 Å². The van der Waals surface area contributed by atoms with Crippen LogP contribution in [0.25, 0.3) is 11.1 Å². The van der Waals surface area contributed by atoms with Crippen molar-refractivity contribution < 1.29 is 13.2 Å². The molecule has 0 spiro atoms. The van der Waals surface area contributed by atoms with Crippen molar-refractivity contribution in [3.8, 4) is 16.9 Å². The number of benzene rings is 2. The van der Waals surface area contributed by atoms with Gasteiger partial charge in [0.2, 0.25) is 0 Å². The maximum atomic E-state index is 12.6. The highest BCUT2D eigenvalue weighted by Crippen LogP contribution is 2.35. The molecule has 0 atom stereocenters. The monoisotopic (exact) mass is 341 g/mol. The van der Waals surface area contributed by atoms with E-state index in [0.717, 1.165) is 24.0 Å². The van der Waals surface area contributed by atoms with Gasteiger partial charge in [-0.2, -0.15) is 0 Å². The van der Waals surface area contributed by atoms with E-state index in [0.29, 0.717) is 16.3 Å². The van der Waals surface area contributed by atoms with Gasteiger partial charge in [0.25, 0.3) is 10.0 Å². The molecule has 0 bridgehead atoms. The van der Waals surface area contributed by atoms with Crippen molar-refractivity contribution in [2.45, 2.75) is 12.8 Å². The Kier molecular flexibility index (Phi) is 4.71. The average molecular weight is 341 g/mol. The van der Waals surface area contributed by atoms with Crippen molar-refractivity contribution in [1.29, 1.82) is 0 Å². The average Bonchev–Trinajstić information content (AvgIpc) is 2.62. The van der Waals surface area contributed by atoms with E-state index in [9.17, 15) is 8.42 Å². The van der Waals surface area contributed by atoms with Crippen molar-refractivity contribution in [3.63, 3.8) is 0 Å². The van der Waals surface area contributed by atoms with Crippen LogP contribution >= 0.6 is 0 Å². The fourth-order valence-corrected chi connectivity index (χ4v) is 3.86. The summed E-state index contributed by atoms with van der Waals surface area (Å²) in [4.78, 5) is 0.309. The predicted octanol–water partition coefficient (Wildman–Crippen LogP) is 4.34. The standard InChI is InChI=1S/C19H19NO3S/c1-23-19-14-8-6-12-17(19)16-11-5-7-13-18(16)20-24(21,22)15-9-3-2-4-10-15/h3,5-14,20H,2,4H2,1H3. The lowest BCUT2D eigenvalue weighted by Crippen LogP contribution is -2.15. The summed E-state index contributed by atoms with van der Waals surface area (Å²) in [7, 11) is -2.00. The SMILES string of the molecule is COc1ccccc1-c1ccccc1NS(=O)(=O)C1=CCCC=C1. The molecular formula is C19H19NO3S. The summed E-state index contributed by atoms with van der Waals surface area (Å²) in [6, 6.07) is 14.9.